The van der Waals surface area contributed by atoms with Gasteiger partial charge in [-0.1, -0.05) is 0 Å². The number of hydrogen-bond donors (Lipinski definition) is 1. The van der Waals surface area contributed by atoms with E-state index < -0.39 is 44.8 Å². The fourth-order valence-electron chi connectivity index (χ4n) is 1.94. The van der Waals surface area contributed by atoms with E-state index in [2.05, 4.69) is 5.32 Å². The van der Waals surface area contributed by atoms with Crippen LogP contribution in [0.15, 0.2) is 6.07 Å². The molecule has 0 amide bonds. The van der Waals surface area contributed by atoms with Crippen molar-refractivity contribution in [3.63, 3.8) is 0 Å². The molecular weight excluding hydrogens is 286 g/mol. The summed E-state index contributed by atoms with van der Waals surface area (Å²) in [5.74, 6) is -6.24. The zero-order chi connectivity index (χ0) is 14.2. The zero-order valence-electron chi connectivity index (χ0n) is 9.72. The second-order valence-corrected chi connectivity index (χ2v) is 6.72. The molecule has 0 saturated carbocycles. The molecule has 0 unspecified atom stereocenters. The van der Waals surface area contributed by atoms with Crippen LogP contribution in [-0.4, -0.2) is 26.0 Å². The molecule has 106 valence electrons. The summed E-state index contributed by atoms with van der Waals surface area (Å²) >= 11 is 0. The van der Waals surface area contributed by atoms with Crippen LogP contribution in [0.3, 0.4) is 0 Å². The van der Waals surface area contributed by atoms with Crippen LogP contribution in [0.5, 0.6) is 0 Å². The minimum absolute atomic E-state index is 0.119. The molecule has 1 N–H and O–H groups in total. The first-order valence-corrected chi connectivity index (χ1v) is 7.42. The molecule has 2 rings (SSSR count). The van der Waals surface area contributed by atoms with Gasteiger partial charge in [-0.05, 0) is 12.8 Å². The van der Waals surface area contributed by atoms with Crippen LogP contribution in [0.2, 0.25) is 0 Å². The van der Waals surface area contributed by atoms with E-state index in [-0.39, 0.29) is 30.4 Å². The highest BCUT2D eigenvalue weighted by Crippen LogP contribution is 2.26. The Morgan fingerprint density at radius 3 is 1.95 bits per heavy atom. The maximum absolute atomic E-state index is 13.4. The number of anilines is 1. The molecule has 1 aliphatic heterocycles. The van der Waals surface area contributed by atoms with Gasteiger partial charge in [0, 0.05) is 12.1 Å². The quantitative estimate of drug-likeness (QED) is 0.672. The predicted molar refractivity (Wildman–Crippen MR) is 61.6 cm³/mol. The molecule has 19 heavy (non-hydrogen) atoms. The maximum Gasteiger partial charge on any atom is 0.185 e. The van der Waals surface area contributed by atoms with Crippen LogP contribution in [0.25, 0.3) is 0 Å². The van der Waals surface area contributed by atoms with Crippen molar-refractivity contribution in [2.45, 2.75) is 18.9 Å². The lowest BCUT2D eigenvalue weighted by Gasteiger charge is -2.24. The largest absolute Gasteiger partial charge is 0.377 e. The minimum atomic E-state index is -3.12. The van der Waals surface area contributed by atoms with Gasteiger partial charge >= 0.3 is 0 Å². The molecule has 1 fully saturated rings. The first kappa shape index (κ1) is 14.1. The van der Waals surface area contributed by atoms with Crippen LogP contribution >= 0.6 is 0 Å². The average Bonchev–Trinajstić information content (AvgIpc) is 2.34. The molecule has 1 saturated heterocycles. The lowest BCUT2D eigenvalue weighted by atomic mass is 10.1. The highest BCUT2D eigenvalue weighted by atomic mass is 32.2. The summed E-state index contributed by atoms with van der Waals surface area (Å²) in [5.41, 5.74) is -0.887. The fourth-order valence-corrected chi connectivity index (χ4v) is 3.43. The number of halogens is 4. The summed E-state index contributed by atoms with van der Waals surface area (Å²) in [6, 6.07) is -0.407. The van der Waals surface area contributed by atoms with Crippen molar-refractivity contribution in [1.82, 2.24) is 0 Å². The van der Waals surface area contributed by atoms with Gasteiger partial charge in [0.05, 0.1) is 11.5 Å². The van der Waals surface area contributed by atoms with Crippen LogP contribution in [-0.2, 0) is 9.84 Å². The molecule has 1 heterocycles. The molecular formula is C11H11F4NO2S. The van der Waals surface area contributed by atoms with Crippen molar-refractivity contribution in [2.75, 3.05) is 16.8 Å². The number of sulfone groups is 1. The van der Waals surface area contributed by atoms with Gasteiger partial charge in [0.25, 0.3) is 0 Å². The van der Waals surface area contributed by atoms with Gasteiger partial charge in [0.15, 0.2) is 23.3 Å². The molecule has 3 nitrogen and oxygen atoms in total. The number of benzene rings is 1. The maximum atomic E-state index is 13.4. The summed E-state index contributed by atoms with van der Waals surface area (Å²) in [7, 11) is -3.12. The molecule has 0 atom stereocenters. The second kappa shape index (κ2) is 4.99. The minimum Gasteiger partial charge on any atom is -0.377 e. The van der Waals surface area contributed by atoms with E-state index >= 15 is 0 Å². The first-order chi connectivity index (χ1) is 8.80. The van der Waals surface area contributed by atoms with Crippen molar-refractivity contribution in [3.8, 4) is 0 Å². The fraction of sp³-hybridized carbons (Fsp3) is 0.455. The van der Waals surface area contributed by atoms with Crippen molar-refractivity contribution in [2.24, 2.45) is 0 Å². The van der Waals surface area contributed by atoms with Crippen LogP contribution in [0, 0.1) is 23.3 Å². The van der Waals surface area contributed by atoms with Gasteiger partial charge in [0.2, 0.25) is 0 Å². The predicted octanol–water partition coefficient (Wildman–Crippen LogP) is 2.23. The first-order valence-electron chi connectivity index (χ1n) is 5.60. The number of nitrogens with one attached hydrogen (secondary N) is 1. The SMILES string of the molecule is O=S1(=O)CCC(Nc2c(F)c(F)cc(F)c2F)CC1. The van der Waals surface area contributed by atoms with E-state index in [1.807, 2.05) is 0 Å². The molecule has 8 heteroatoms. The van der Waals surface area contributed by atoms with Crippen molar-refractivity contribution in [1.29, 1.82) is 0 Å². The third-order valence-corrected chi connectivity index (χ3v) is 4.73. The molecule has 1 aromatic rings. The van der Waals surface area contributed by atoms with Gasteiger partial charge in [0.1, 0.15) is 15.5 Å². The second-order valence-electron chi connectivity index (χ2n) is 4.41. The third-order valence-electron chi connectivity index (χ3n) is 3.01. The molecule has 1 aliphatic rings. The van der Waals surface area contributed by atoms with Crippen LogP contribution in [0.4, 0.5) is 23.2 Å². The molecule has 0 aromatic heterocycles. The monoisotopic (exact) mass is 297 g/mol. The normalized spacial score (nSPS) is 19.4. The smallest absolute Gasteiger partial charge is 0.185 e. The van der Waals surface area contributed by atoms with Crippen molar-refractivity contribution < 1.29 is 26.0 Å². The Balaban J connectivity index is 2.21. The average molecular weight is 297 g/mol. The van der Waals surface area contributed by atoms with E-state index in [1.165, 1.54) is 0 Å². The summed E-state index contributed by atoms with van der Waals surface area (Å²) in [6.07, 6.45) is 0.276. The molecule has 0 spiro atoms. The Labute approximate surface area is 107 Å². The van der Waals surface area contributed by atoms with Crippen molar-refractivity contribution >= 4 is 15.5 Å². The summed E-state index contributed by atoms with van der Waals surface area (Å²) in [5, 5.41) is 2.34. The van der Waals surface area contributed by atoms with Gasteiger partial charge in [-0.2, -0.15) is 0 Å². The van der Waals surface area contributed by atoms with Gasteiger partial charge in [-0.25, -0.2) is 26.0 Å². The number of hydrogen-bond acceptors (Lipinski definition) is 3. The lowest BCUT2D eigenvalue weighted by molar-refractivity contribution is 0.455. The van der Waals surface area contributed by atoms with E-state index in [1.54, 1.807) is 0 Å². The number of rotatable bonds is 2. The Morgan fingerprint density at radius 2 is 1.47 bits per heavy atom. The van der Waals surface area contributed by atoms with E-state index in [9.17, 15) is 26.0 Å². The van der Waals surface area contributed by atoms with Gasteiger partial charge in [-0.3, -0.25) is 0 Å². The standard InChI is InChI=1S/C11H11F4NO2S/c12-7-5-8(13)10(15)11(9(7)14)16-6-1-3-19(17,18)4-2-6/h5-6,16H,1-4H2. The summed E-state index contributed by atoms with van der Waals surface area (Å²) in [4.78, 5) is 0. The summed E-state index contributed by atoms with van der Waals surface area (Å²) in [6.45, 7) is 0. The van der Waals surface area contributed by atoms with Gasteiger partial charge < -0.3 is 5.32 Å². The molecule has 1 aromatic carbocycles. The highest BCUT2D eigenvalue weighted by Gasteiger charge is 2.26. The van der Waals surface area contributed by atoms with E-state index in [0.717, 1.165) is 0 Å². The Kier molecular flexibility index (Phi) is 3.71. The Bertz CT molecular complexity index is 563. The van der Waals surface area contributed by atoms with Crippen LogP contribution in [0.1, 0.15) is 12.8 Å². The lowest BCUT2D eigenvalue weighted by Crippen LogP contribution is -2.32. The summed E-state index contributed by atoms with van der Waals surface area (Å²) < 4.78 is 75.1. The topological polar surface area (TPSA) is 46.2 Å². The van der Waals surface area contributed by atoms with Crippen LogP contribution < -0.4 is 5.32 Å². The molecule has 0 radical (unpaired) electrons. The third kappa shape index (κ3) is 2.99. The zero-order valence-corrected chi connectivity index (χ0v) is 10.5. The highest BCUT2D eigenvalue weighted by molar-refractivity contribution is 7.91. The van der Waals surface area contributed by atoms with Gasteiger partial charge in [-0.15, -0.1) is 0 Å². The Hall–Kier alpha value is -1.31. The molecule has 0 bridgehead atoms. The van der Waals surface area contributed by atoms with E-state index in [0.29, 0.717) is 0 Å². The molecule has 0 aliphatic carbocycles. The van der Waals surface area contributed by atoms with Crippen molar-refractivity contribution in [3.05, 3.63) is 29.3 Å². The Morgan fingerprint density at radius 1 is 1.00 bits per heavy atom. The van der Waals surface area contributed by atoms with E-state index in [4.69, 9.17) is 0 Å².